The lowest BCUT2D eigenvalue weighted by molar-refractivity contribution is 0.0689. The molecule has 0 aliphatic heterocycles. The Balaban J connectivity index is 2.61. The molecule has 15 heavy (non-hydrogen) atoms. The van der Waals surface area contributed by atoms with E-state index in [9.17, 15) is 4.79 Å². The summed E-state index contributed by atoms with van der Waals surface area (Å²) in [4.78, 5) is 16.8. The SMILES string of the molecule is CN(C)c1ccn2c(C(=O)O)cnc2c1. The van der Waals surface area contributed by atoms with Crippen molar-refractivity contribution in [2.45, 2.75) is 0 Å². The number of carboxylic acid groups (broad SMARTS) is 1. The van der Waals surface area contributed by atoms with Crippen molar-refractivity contribution >= 4 is 17.3 Å². The van der Waals surface area contributed by atoms with Crippen LogP contribution in [0, 0.1) is 0 Å². The van der Waals surface area contributed by atoms with E-state index in [2.05, 4.69) is 4.98 Å². The fraction of sp³-hybridized carbons (Fsp3) is 0.200. The van der Waals surface area contributed by atoms with Crippen LogP contribution in [-0.4, -0.2) is 34.6 Å². The molecule has 5 heteroatoms. The summed E-state index contributed by atoms with van der Waals surface area (Å²) in [6, 6.07) is 3.69. The van der Waals surface area contributed by atoms with Crippen LogP contribution in [0.15, 0.2) is 24.5 Å². The Labute approximate surface area is 86.6 Å². The van der Waals surface area contributed by atoms with Crippen molar-refractivity contribution in [3.63, 3.8) is 0 Å². The van der Waals surface area contributed by atoms with Gasteiger partial charge in [-0.15, -0.1) is 0 Å². The maximum atomic E-state index is 10.8. The van der Waals surface area contributed by atoms with Crippen LogP contribution in [0.25, 0.3) is 5.65 Å². The fourth-order valence-corrected chi connectivity index (χ4v) is 1.41. The van der Waals surface area contributed by atoms with Crippen LogP contribution in [0.4, 0.5) is 5.69 Å². The number of hydrogen-bond acceptors (Lipinski definition) is 3. The van der Waals surface area contributed by atoms with Gasteiger partial charge in [-0.2, -0.15) is 0 Å². The molecular formula is C10H11N3O2. The van der Waals surface area contributed by atoms with E-state index >= 15 is 0 Å². The molecule has 2 heterocycles. The lowest BCUT2D eigenvalue weighted by Crippen LogP contribution is -2.09. The summed E-state index contributed by atoms with van der Waals surface area (Å²) in [6.45, 7) is 0. The summed E-state index contributed by atoms with van der Waals surface area (Å²) in [7, 11) is 3.85. The van der Waals surface area contributed by atoms with Gasteiger partial charge in [0.1, 0.15) is 5.65 Å². The summed E-state index contributed by atoms with van der Waals surface area (Å²) in [5.41, 5.74) is 1.80. The molecule has 5 nitrogen and oxygen atoms in total. The van der Waals surface area contributed by atoms with Crippen molar-refractivity contribution in [3.8, 4) is 0 Å². The molecule has 1 N–H and O–H groups in total. The van der Waals surface area contributed by atoms with Gasteiger partial charge >= 0.3 is 5.97 Å². The van der Waals surface area contributed by atoms with Gasteiger partial charge in [0.05, 0.1) is 6.20 Å². The van der Waals surface area contributed by atoms with Crippen molar-refractivity contribution in [3.05, 3.63) is 30.2 Å². The zero-order chi connectivity index (χ0) is 11.0. The second-order valence-electron chi connectivity index (χ2n) is 3.46. The minimum Gasteiger partial charge on any atom is -0.477 e. The van der Waals surface area contributed by atoms with Crippen molar-refractivity contribution in [2.75, 3.05) is 19.0 Å². The lowest BCUT2D eigenvalue weighted by atomic mass is 10.3. The first kappa shape index (κ1) is 9.51. The van der Waals surface area contributed by atoms with Crippen molar-refractivity contribution < 1.29 is 9.90 Å². The van der Waals surface area contributed by atoms with Crippen LogP contribution in [0.3, 0.4) is 0 Å². The monoisotopic (exact) mass is 205 g/mol. The highest BCUT2D eigenvalue weighted by Gasteiger charge is 2.10. The molecule has 0 bridgehead atoms. The Morgan fingerprint density at radius 1 is 1.53 bits per heavy atom. The summed E-state index contributed by atoms with van der Waals surface area (Å²) in [6.07, 6.45) is 3.07. The van der Waals surface area contributed by atoms with Gasteiger partial charge in [-0.1, -0.05) is 0 Å². The number of imidazole rings is 1. The highest BCUT2D eigenvalue weighted by molar-refractivity contribution is 5.86. The Hall–Kier alpha value is -2.04. The van der Waals surface area contributed by atoms with E-state index in [1.807, 2.05) is 31.1 Å². The largest absolute Gasteiger partial charge is 0.477 e. The number of anilines is 1. The molecule has 2 aromatic heterocycles. The molecule has 0 saturated carbocycles. The lowest BCUT2D eigenvalue weighted by Gasteiger charge is -2.11. The molecule has 0 aliphatic rings. The predicted octanol–water partition coefficient (Wildman–Crippen LogP) is 1.10. The molecule has 0 aromatic carbocycles. The Morgan fingerprint density at radius 3 is 2.87 bits per heavy atom. The van der Waals surface area contributed by atoms with E-state index in [1.54, 1.807) is 10.6 Å². The maximum Gasteiger partial charge on any atom is 0.354 e. The number of rotatable bonds is 2. The third-order valence-electron chi connectivity index (χ3n) is 2.23. The maximum absolute atomic E-state index is 10.8. The van der Waals surface area contributed by atoms with E-state index in [4.69, 9.17) is 5.11 Å². The highest BCUT2D eigenvalue weighted by Crippen LogP contribution is 2.15. The Kier molecular flexibility index (Phi) is 2.07. The average molecular weight is 205 g/mol. The van der Waals surface area contributed by atoms with E-state index in [-0.39, 0.29) is 5.69 Å². The normalized spacial score (nSPS) is 10.5. The van der Waals surface area contributed by atoms with Gasteiger partial charge in [0, 0.05) is 32.0 Å². The van der Waals surface area contributed by atoms with Crippen LogP contribution in [0.5, 0.6) is 0 Å². The average Bonchev–Trinajstić information content (AvgIpc) is 2.59. The number of nitrogens with zero attached hydrogens (tertiary/aromatic N) is 3. The number of pyridine rings is 1. The van der Waals surface area contributed by atoms with Crippen LogP contribution in [-0.2, 0) is 0 Å². The molecule has 0 unspecified atom stereocenters. The van der Waals surface area contributed by atoms with Crippen molar-refractivity contribution in [1.29, 1.82) is 0 Å². The zero-order valence-corrected chi connectivity index (χ0v) is 8.51. The van der Waals surface area contributed by atoms with Gasteiger partial charge in [-0.3, -0.25) is 4.40 Å². The summed E-state index contributed by atoms with van der Waals surface area (Å²) in [5, 5.41) is 8.88. The molecule has 0 saturated heterocycles. The highest BCUT2D eigenvalue weighted by atomic mass is 16.4. The summed E-state index contributed by atoms with van der Waals surface area (Å²) in [5.74, 6) is -0.972. The summed E-state index contributed by atoms with van der Waals surface area (Å²) >= 11 is 0. The van der Waals surface area contributed by atoms with Crippen molar-refractivity contribution in [2.24, 2.45) is 0 Å². The smallest absolute Gasteiger partial charge is 0.354 e. The van der Waals surface area contributed by atoms with E-state index < -0.39 is 5.97 Å². The van der Waals surface area contributed by atoms with Crippen LogP contribution in [0.1, 0.15) is 10.5 Å². The standard InChI is InChI=1S/C10H11N3O2/c1-12(2)7-3-4-13-8(10(14)15)6-11-9(13)5-7/h3-6H,1-2H3,(H,14,15). The van der Waals surface area contributed by atoms with Crippen molar-refractivity contribution in [1.82, 2.24) is 9.38 Å². The van der Waals surface area contributed by atoms with E-state index in [0.29, 0.717) is 5.65 Å². The number of hydrogen-bond donors (Lipinski definition) is 1. The van der Waals surface area contributed by atoms with E-state index in [0.717, 1.165) is 5.69 Å². The second kappa shape index (κ2) is 3.27. The molecule has 0 amide bonds. The predicted molar refractivity (Wildman–Crippen MR) is 56.5 cm³/mol. The first-order valence-electron chi connectivity index (χ1n) is 4.47. The third-order valence-corrected chi connectivity index (χ3v) is 2.23. The van der Waals surface area contributed by atoms with Crippen LogP contribution >= 0.6 is 0 Å². The quantitative estimate of drug-likeness (QED) is 0.797. The van der Waals surface area contributed by atoms with Gasteiger partial charge in [0.25, 0.3) is 0 Å². The topological polar surface area (TPSA) is 57.8 Å². The Morgan fingerprint density at radius 2 is 2.27 bits per heavy atom. The number of fused-ring (bicyclic) bond motifs is 1. The zero-order valence-electron chi connectivity index (χ0n) is 8.51. The molecule has 2 rings (SSSR count). The molecule has 0 aliphatic carbocycles. The van der Waals surface area contributed by atoms with Gasteiger partial charge in [0.15, 0.2) is 5.69 Å². The molecule has 78 valence electrons. The number of carboxylic acids is 1. The van der Waals surface area contributed by atoms with Crippen LogP contribution < -0.4 is 4.90 Å². The van der Waals surface area contributed by atoms with Gasteiger partial charge in [-0.25, -0.2) is 9.78 Å². The summed E-state index contributed by atoms with van der Waals surface area (Å²) < 4.78 is 1.55. The van der Waals surface area contributed by atoms with Gasteiger partial charge in [-0.05, 0) is 6.07 Å². The molecule has 0 spiro atoms. The molecule has 2 aromatic rings. The van der Waals surface area contributed by atoms with E-state index in [1.165, 1.54) is 6.20 Å². The second-order valence-corrected chi connectivity index (χ2v) is 3.46. The third kappa shape index (κ3) is 1.52. The Bertz CT molecular complexity index is 516. The minimum atomic E-state index is -0.972. The molecule has 0 atom stereocenters. The molecule has 0 radical (unpaired) electrons. The van der Waals surface area contributed by atoms with Gasteiger partial charge < -0.3 is 10.0 Å². The first-order chi connectivity index (χ1) is 7.09. The molecule has 0 fully saturated rings. The minimum absolute atomic E-state index is 0.176. The number of carbonyl (C=O) groups is 1. The fourth-order valence-electron chi connectivity index (χ4n) is 1.41. The number of aromatic carboxylic acids is 1. The number of aromatic nitrogens is 2. The van der Waals surface area contributed by atoms with Crippen LogP contribution in [0.2, 0.25) is 0 Å². The van der Waals surface area contributed by atoms with Gasteiger partial charge in [0.2, 0.25) is 0 Å². The molecular weight excluding hydrogens is 194 g/mol. The first-order valence-corrected chi connectivity index (χ1v) is 4.47.